The molecule has 0 spiro atoms. The van der Waals surface area contributed by atoms with Crippen LogP contribution in [0.15, 0.2) is 59.7 Å². The molecule has 2 amide bonds. The lowest BCUT2D eigenvalue weighted by Gasteiger charge is -2.18. The number of amides is 2. The third kappa shape index (κ3) is 6.63. The summed E-state index contributed by atoms with van der Waals surface area (Å²) in [5, 5.41) is 7.23. The van der Waals surface area contributed by atoms with Crippen molar-refractivity contribution in [3.8, 4) is 0 Å². The van der Waals surface area contributed by atoms with Crippen molar-refractivity contribution in [1.82, 2.24) is 15.6 Å². The maximum Gasteiger partial charge on any atom is 0.418 e. The fraction of sp³-hybridized carbons (Fsp3) is 0.250. The minimum absolute atomic E-state index is 0.0291. The molecule has 0 atom stereocenters. The number of aliphatic imine (C=N–C) groups is 1. The number of benzene rings is 1. The summed E-state index contributed by atoms with van der Waals surface area (Å²) >= 11 is 0. The average molecular weight is 538 g/mol. The number of ether oxygens (including phenoxy) is 1. The zero-order valence-electron chi connectivity index (χ0n) is 20.0. The molecule has 1 aromatic carbocycles. The lowest BCUT2D eigenvalue weighted by atomic mass is 10.1. The van der Waals surface area contributed by atoms with Crippen LogP contribution in [0.4, 0.5) is 33.3 Å². The molecular weight excluding hydrogens is 515 g/mol. The van der Waals surface area contributed by atoms with Crippen molar-refractivity contribution in [2.45, 2.75) is 31.1 Å². The zero-order valence-corrected chi connectivity index (χ0v) is 20.0. The topological polar surface area (TPSA) is 131 Å². The second-order valence-corrected chi connectivity index (χ2v) is 8.13. The molecule has 0 saturated heterocycles. The number of anilines is 2. The lowest BCUT2D eigenvalue weighted by molar-refractivity contribution is -0.137. The molecule has 14 heteroatoms. The van der Waals surface area contributed by atoms with Crippen LogP contribution in [0.2, 0.25) is 0 Å². The summed E-state index contributed by atoms with van der Waals surface area (Å²) in [4.78, 5) is 32.8. The first-order valence-corrected chi connectivity index (χ1v) is 11.0. The Balaban J connectivity index is 1.64. The van der Waals surface area contributed by atoms with Crippen LogP contribution in [-0.4, -0.2) is 35.7 Å². The number of carbonyl (C=O) groups excluding carboxylic acids is 2. The summed E-state index contributed by atoms with van der Waals surface area (Å²) in [5.41, 5.74) is 1.53. The lowest BCUT2D eigenvalue weighted by Crippen LogP contribution is -2.49. The highest BCUT2D eigenvalue weighted by Gasteiger charge is 2.51. The highest BCUT2D eigenvalue weighted by molar-refractivity contribution is 6.13. The molecule has 1 aliphatic rings. The van der Waals surface area contributed by atoms with Crippen LogP contribution in [0.5, 0.6) is 0 Å². The van der Waals surface area contributed by atoms with E-state index in [0.29, 0.717) is 18.9 Å². The van der Waals surface area contributed by atoms with Gasteiger partial charge in [0.25, 0.3) is 5.91 Å². The van der Waals surface area contributed by atoms with Crippen LogP contribution in [0, 0.1) is 11.6 Å². The highest BCUT2D eigenvalue weighted by Crippen LogP contribution is 2.38. The fourth-order valence-electron chi connectivity index (χ4n) is 3.22. The van der Waals surface area contributed by atoms with Gasteiger partial charge in [0.15, 0.2) is 0 Å². The van der Waals surface area contributed by atoms with Crippen molar-refractivity contribution >= 4 is 29.4 Å². The molecular formula is C24H23F5N6O3. The summed E-state index contributed by atoms with van der Waals surface area (Å²) in [6.07, 6.45) is -1.12. The summed E-state index contributed by atoms with van der Waals surface area (Å²) in [5.74, 6) is -3.40. The molecule has 1 heterocycles. The minimum atomic E-state index is -4.85. The Kier molecular flexibility index (Phi) is 8.33. The van der Waals surface area contributed by atoms with Crippen molar-refractivity contribution in [2.75, 3.05) is 12.4 Å². The Morgan fingerprint density at radius 3 is 2.55 bits per heavy atom. The molecule has 38 heavy (non-hydrogen) atoms. The first-order valence-electron chi connectivity index (χ1n) is 11.0. The molecule has 1 aliphatic carbocycles. The van der Waals surface area contributed by atoms with Crippen molar-refractivity contribution in [3.05, 3.63) is 77.6 Å². The van der Waals surface area contributed by atoms with Gasteiger partial charge in [0.1, 0.15) is 17.2 Å². The first kappa shape index (κ1) is 28.1. The van der Waals surface area contributed by atoms with Crippen LogP contribution in [0.25, 0.3) is 0 Å². The number of hydrogen-bond donors (Lipinski definition) is 4. The molecule has 0 aliphatic heterocycles. The average Bonchev–Trinajstić information content (AvgIpc) is 3.64. The van der Waals surface area contributed by atoms with Crippen molar-refractivity contribution < 1.29 is 36.3 Å². The Morgan fingerprint density at radius 1 is 1.26 bits per heavy atom. The van der Waals surface area contributed by atoms with E-state index >= 15 is 0 Å². The number of hydrogen-bond acceptors (Lipinski definition) is 7. The number of methoxy groups -OCH3 is 1. The molecule has 3 rings (SSSR count). The largest absolute Gasteiger partial charge is 0.481 e. The predicted molar refractivity (Wildman–Crippen MR) is 128 cm³/mol. The standard InChI is InChI=1S/C24H23F5N6O3/c1-13(38-2)31-10-14(9-30)21(36)35-23(6-7-23)22(37)33-12-19-18(26)8-15(11-32-19)34-20-16(24(27,28)29)4-3-5-17(20)25/h3-5,8-11,34H,1,6-7,12,30H2,2H3,(H,33,37)(H,35,36)/b14-9+,31-10-. The molecule has 1 saturated carbocycles. The normalized spacial score (nSPS) is 14.6. The van der Waals surface area contributed by atoms with E-state index in [4.69, 9.17) is 10.5 Å². The van der Waals surface area contributed by atoms with E-state index in [1.54, 1.807) is 0 Å². The molecule has 9 nitrogen and oxygen atoms in total. The minimum Gasteiger partial charge on any atom is -0.481 e. The van der Waals surface area contributed by atoms with Gasteiger partial charge in [-0.1, -0.05) is 6.07 Å². The Bertz CT molecular complexity index is 1300. The second-order valence-electron chi connectivity index (χ2n) is 8.13. The maximum atomic E-state index is 14.6. The number of nitrogens with two attached hydrogens (primary N) is 1. The van der Waals surface area contributed by atoms with Gasteiger partial charge in [-0.2, -0.15) is 13.2 Å². The Hall–Kier alpha value is -4.49. The molecule has 0 bridgehead atoms. The van der Waals surface area contributed by atoms with Crippen molar-refractivity contribution in [2.24, 2.45) is 10.7 Å². The van der Waals surface area contributed by atoms with E-state index in [9.17, 15) is 31.5 Å². The van der Waals surface area contributed by atoms with Gasteiger partial charge in [-0.25, -0.2) is 13.8 Å². The molecule has 1 aromatic heterocycles. The number of pyridine rings is 1. The van der Waals surface area contributed by atoms with Crippen LogP contribution in [0.3, 0.4) is 0 Å². The van der Waals surface area contributed by atoms with E-state index in [1.807, 2.05) is 0 Å². The second kappa shape index (κ2) is 11.3. The van der Waals surface area contributed by atoms with Crippen LogP contribution < -0.4 is 21.7 Å². The monoisotopic (exact) mass is 538 g/mol. The zero-order chi connectivity index (χ0) is 28.1. The molecule has 2 aromatic rings. The molecule has 202 valence electrons. The number of para-hydroxylation sites is 1. The van der Waals surface area contributed by atoms with E-state index in [-0.39, 0.29) is 29.4 Å². The Morgan fingerprint density at radius 2 is 1.97 bits per heavy atom. The summed E-state index contributed by atoms with van der Waals surface area (Å²) in [6.45, 7) is 3.09. The third-order valence-electron chi connectivity index (χ3n) is 5.48. The van der Waals surface area contributed by atoms with Crippen molar-refractivity contribution in [3.63, 3.8) is 0 Å². The number of rotatable bonds is 10. The number of nitrogens with zero attached hydrogens (tertiary/aromatic N) is 2. The number of alkyl halides is 3. The van der Waals surface area contributed by atoms with E-state index < -0.39 is 46.4 Å². The molecule has 0 unspecified atom stereocenters. The predicted octanol–water partition coefficient (Wildman–Crippen LogP) is 3.42. The summed E-state index contributed by atoms with van der Waals surface area (Å²) in [7, 11) is 1.34. The van der Waals surface area contributed by atoms with Gasteiger partial charge in [-0.05, 0) is 31.6 Å². The van der Waals surface area contributed by atoms with Gasteiger partial charge in [-0.3, -0.25) is 14.6 Å². The van der Waals surface area contributed by atoms with E-state index in [2.05, 4.69) is 32.5 Å². The van der Waals surface area contributed by atoms with Crippen LogP contribution in [-0.2, 0) is 27.0 Å². The first-order chi connectivity index (χ1) is 17.9. The van der Waals surface area contributed by atoms with Crippen LogP contribution in [0.1, 0.15) is 24.1 Å². The van der Waals surface area contributed by atoms with Gasteiger partial charge in [0.2, 0.25) is 11.8 Å². The van der Waals surface area contributed by atoms with E-state index in [1.165, 1.54) is 7.11 Å². The number of carbonyl (C=O) groups is 2. The highest BCUT2D eigenvalue weighted by atomic mass is 19.4. The summed E-state index contributed by atoms with van der Waals surface area (Å²) < 4.78 is 73.0. The molecule has 5 N–H and O–H groups in total. The maximum absolute atomic E-state index is 14.6. The summed E-state index contributed by atoms with van der Waals surface area (Å²) in [6, 6.07) is 3.23. The van der Waals surface area contributed by atoms with Gasteiger partial charge >= 0.3 is 6.18 Å². The molecule has 1 fully saturated rings. The number of halogens is 5. The smallest absolute Gasteiger partial charge is 0.418 e. The Labute approximate surface area is 213 Å². The van der Waals surface area contributed by atoms with Crippen molar-refractivity contribution in [1.29, 1.82) is 0 Å². The number of nitrogens with one attached hydrogen (secondary N) is 3. The fourth-order valence-corrected chi connectivity index (χ4v) is 3.22. The number of aromatic nitrogens is 1. The van der Waals surface area contributed by atoms with Gasteiger partial charge in [0.05, 0.1) is 48.1 Å². The van der Waals surface area contributed by atoms with E-state index in [0.717, 1.165) is 36.8 Å². The van der Waals surface area contributed by atoms with Gasteiger partial charge in [-0.15, -0.1) is 0 Å². The SMILES string of the molecule is C=C(/N=C\C(=C/N)C(=O)NC1(C(=O)NCc2ncc(Nc3c(F)cccc3C(F)(F)F)cc2F)CC1)OC. The van der Waals surface area contributed by atoms with Gasteiger partial charge < -0.3 is 26.4 Å². The third-order valence-corrected chi connectivity index (χ3v) is 5.48. The molecule has 0 radical (unpaired) electrons. The van der Waals surface area contributed by atoms with Crippen LogP contribution >= 0.6 is 0 Å². The van der Waals surface area contributed by atoms with Gasteiger partial charge in [0, 0.05) is 18.5 Å². The quantitative estimate of drug-likeness (QED) is 0.159.